The molecule has 0 atom stereocenters. The number of carbonyl (C=O) groups is 2. The fourth-order valence-electron chi connectivity index (χ4n) is 2.87. The van der Waals surface area contributed by atoms with Crippen LogP contribution in [-0.2, 0) is 29.6 Å². The van der Waals surface area contributed by atoms with Gasteiger partial charge < -0.3 is 19.4 Å². The number of aryl methyl sites for hydroxylation is 3. The molecule has 3 rings (SSSR count). The van der Waals surface area contributed by atoms with Crippen molar-refractivity contribution in [1.82, 2.24) is 14.8 Å². The lowest BCUT2D eigenvalue weighted by molar-refractivity contribution is -0.113. The number of thiophene rings is 1. The molecule has 0 spiro atoms. The summed E-state index contributed by atoms with van der Waals surface area (Å²) in [5, 5.41) is 12.3. The highest BCUT2D eigenvalue weighted by Gasteiger charge is 2.19. The van der Waals surface area contributed by atoms with Gasteiger partial charge in [0.2, 0.25) is 5.91 Å². The zero-order valence-electron chi connectivity index (χ0n) is 18.7. The van der Waals surface area contributed by atoms with Gasteiger partial charge in [-0.1, -0.05) is 30.8 Å². The van der Waals surface area contributed by atoms with Gasteiger partial charge >= 0.3 is 5.97 Å². The number of aromatic nitrogens is 3. The molecular weight excluding hydrogens is 448 g/mol. The van der Waals surface area contributed by atoms with E-state index in [1.807, 2.05) is 50.6 Å². The number of thioether (sulfide) groups is 1. The van der Waals surface area contributed by atoms with Crippen LogP contribution in [0.2, 0.25) is 0 Å². The SMILES string of the molecule is CCc1cc(C(=O)OC)c(NC(=O)CSc2nnc(COc3cc(C)ccc3C)n2C)s1. The molecule has 0 aliphatic carbocycles. The van der Waals surface area contributed by atoms with E-state index in [1.165, 1.54) is 30.2 Å². The lowest BCUT2D eigenvalue weighted by Gasteiger charge is -2.10. The van der Waals surface area contributed by atoms with Crippen LogP contribution >= 0.6 is 23.1 Å². The van der Waals surface area contributed by atoms with E-state index in [2.05, 4.69) is 15.5 Å². The quantitative estimate of drug-likeness (QED) is 0.368. The van der Waals surface area contributed by atoms with E-state index in [4.69, 9.17) is 9.47 Å². The average Bonchev–Trinajstić information content (AvgIpc) is 3.35. The van der Waals surface area contributed by atoms with E-state index in [0.29, 0.717) is 21.5 Å². The number of anilines is 1. The molecule has 0 radical (unpaired) electrons. The van der Waals surface area contributed by atoms with Crippen LogP contribution in [0.15, 0.2) is 29.4 Å². The first-order valence-electron chi connectivity index (χ1n) is 10.0. The van der Waals surface area contributed by atoms with E-state index in [1.54, 1.807) is 6.07 Å². The summed E-state index contributed by atoms with van der Waals surface area (Å²) in [5.41, 5.74) is 2.55. The second kappa shape index (κ2) is 10.6. The van der Waals surface area contributed by atoms with Gasteiger partial charge in [-0.25, -0.2) is 4.79 Å². The first-order valence-corrected chi connectivity index (χ1v) is 11.8. The van der Waals surface area contributed by atoms with Crippen LogP contribution in [0.1, 0.15) is 39.1 Å². The Kier molecular flexibility index (Phi) is 7.92. The van der Waals surface area contributed by atoms with E-state index in [0.717, 1.165) is 28.2 Å². The number of benzene rings is 1. The number of methoxy groups -OCH3 is 1. The molecule has 2 aromatic heterocycles. The standard InChI is InChI=1S/C22H26N4O4S2/c1-6-15-10-16(21(28)29-5)20(32-15)23-19(27)12-31-22-25-24-18(26(22)4)11-30-17-9-13(2)7-8-14(17)3/h7-10H,6,11-12H2,1-5H3,(H,23,27). The molecule has 3 aromatic rings. The Morgan fingerprint density at radius 1 is 1.22 bits per heavy atom. The van der Waals surface area contributed by atoms with Crippen LogP contribution in [-0.4, -0.2) is 39.5 Å². The number of hydrogen-bond acceptors (Lipinski definition) is 8. The largest absolute Gasteiger partial charge is 0.485 e. The third kappa shape index (κ3) is 5.68. The van der Waals surface area contributed by atoms with Gasteiger partial charge in [-0.3, -0.25) is 4.79 Å². The minimum Gasteiger partial charge on any atom is -0.485 e. The van der Waals surface area contributed by atoms with E-state index < -0.39 is 5.97 Å². The summed E-state index contributed by atoms with van der Waals surface area (Å²) in [4.78, 5) is 25.5. The second-order valence-corrected chi connectivity index (χ2v) is 9.23. The van der Waals surface area contributed by atoms with Crippen LogP contribution in [0, 0.1) is 13.8 Å². The highest BCUT2D eigenvalue weighted by atomic mass is 32.2. The summed E-state index contributed by atoms with van der Waals surface area (Å²) >= 11 is 2.64. The summed E-state index contributed by atoms with van der Waals surface area (Å²) in [6.45, 7) is 6.28. The Morgan fingerprint density at radius 3 is 2.72 bits per heavy atom. The Bertz CT molecular complexity index is 1120. The summed E-state index contributed by atoms with van der Waals surface area (Å²) in [7, 11) is 3.16. The third-order valence-corrected chi connectivity index (χ3v) is 6.96. The number of amides is 1. The maximum atomic E-state index is 12.5. The van der Waals surface area contributed by atoms with Crippen LogP contribution < -0.4 is 10.1 Å². The first kappa shape index (κ1) is 23.8. The number of hydrogen-bond donors (Lipinski definition) is 1. The van der Waals surface area contributed by atoms with Crippen molar-refractivity contribution in [2.45, 2.75) is 39.0 Å². The molecule has 1 aromatic carbocycles. The monoisotopic (exact) mass is 474 g/mol. The van der Waals surface area contributed by atoms with Crippen molar-refractivity contribution in [1.29, 1.82) is 0 Å². The Labute approximate surface area is 195 Å². The normalized spacial score (nSPS) is 10.8. The lowest BCUT2D eigenvalue weighted by atomic mass is 10.1. The minimum absolute atomic E-state index is 0.129. The van der Waals surface area contributed by atoms with Crippen LogP contribution in [0.5, 0.6) is 5.75 Å². The highest BCUT2D eigenvalue weighted by molar-refractivity contribution is 7.99. The van der Waals surface area contributed by atoms with Gasteiger partial charge in [0, 0.05) is 11.9 Å². The van der Waals surface area contributed by atoms with Gasteiger partial charge in [0.1, 0.15) is 17.4 Å². The summed E-state index contributed by atoms with van der Waals surface area (Å²) in [6.07, 6.45) is 0.769. The smallest absolute Gasteiger partial charge is 0.340 e. The maximum absolute atomic E-state index is 12.5. The molecule has 0 bridgehead atoms. The molecule has 0 fully saturated rings. The summed E-state index contributed by atoms with van der Waals surface area (Å²) < 4.78 is 12.5. The molecule has 2 heterocycles. The lowest BCUT2D eigenvalue weighted by Crippen LogP contribution is -2.16. The van der Waals surface area contributed by atoms with Gasteiger partial charge in [0.25, 0.3) is 0 Å². The molecule has 8 nitrogen and oxygen atoms in total. The van der Waals surface area contributed by atoms with Gasteiger partial charge in [-0.2, -0.15) is 0 Å². The number of rotatable bonds is 9. The van der Waals surface area contributed by atoms with E-state index >= 15 is 0 Å². The maximum Gasteiger partial charge on any atom is 0.340 e. The minimum atomic E-state index is -0.467. The van der Waals surface area contributed by atoms with Gasteiger partial charge in [-0.15, -0.1) is 21.5 Å². The van der Waals surface area contributed by atoms with Gasteiger partial charge in [0.05, 0.1) is 18.4 Å². The van der Waals surface area contributed by atoms with Crippen molar-refractivity contribution >= 4 is 40.0 Å². The summed E-state index contributed by atoms with van der Waals surface area (Å²) in [5.74, 6) is 0.897. The molecule has 1 amide bonds. The molecule has 1 N–H and O–H groups in total. The first-order chi connectivity index (χ1) is 15.3. The van der Waals surface area contributed by atoms with Crippen LogP contribution in [0.4, 0.5) is 5.00 Å². The Balaban J connectivity index is 1.59. The molecule has 10 heteroatoms. The Hall–Kier alpha value is -2.85. The topological polar surface area (TPSA) is 95.3 Å². The average molecular weight is 475 g/mol. The van der Waals surface area contributed by atoms with Crippen LogP contribution in [0.3, 0.4) is 0 Å². The number of esters is 1. The van der Waals surface area contributed by atoms with Crippen molar-refractivity contribution in [2.24, 2.45) is 7.05 Å². The van der Waals surface area contributed by atoms with E-state index in [-0.39, 0.29) is 18.3 Å². The number of carbonyl (C=O) groups excluding carboxylic acids is 2. The molecule has 0 saturated carbocycles. The fraction of sp³-hybridized carbons (Fsp3) is 0.364. The number of nitrogens with one attached hydrogen (secondary N) is 1. The van der Waals surface area contributed by atoms with Gasteiger partial charge in [0.15, 0.2) is 11.0 Å². The molecule has 0 saturated heterocycles. The zero-order chi connectivity index (χ0) is 23.3. The molecular formula is C22H26N4O4S2. The molecule has 32 heavy (non-hydrogen) atoms. The van der Waals surface area contributed by atoms with Crippen molar-refractivity contribution in [3.63, 3.8) is 0 Å². The molecule has 0 aliphatic heterocycles. The highest BCUT2D eigenvalue weighted by Crippen LogP contribution is 2.29. The second-order valence-electron chi connectivity index (χ2n) is 7.15. The fourth-order valence-corrected chi connectivity index (χ4v) is 4.60. The van der Waals surface area contributed by atoms with Crippen LogP contribution in [0.25, 0.3) is 0 Å². The third-order valence-electron chi connectivity index (χ3n) is 4.75. The van der Waals surface area contributed by atoms with Crippen molar-refractivity contribution in [2.75, 3.05) is 18.2 Å². The Morgan fingerprint density at radius 2 is 2.00 bits per heavy atom. The molecule has 0 aliphatic rings. The van der Waals surface area contributed by atoms with Crippen molar-refractivity contribution < 1.29 is 19.1 Å². The summed E-state index contributed by atoms with van der Waals surface area (Å²) in [6, 6.07) is 7.80. The van der Waals surface area contributed by atoms with E-state index in [9.17, 15) is 9.59 Å². The molecule has 0 unspecified atom stereocenters. The van der Waals surface area contributed by atoms with Gasteiger partial charge in [-0.05, 0) is 43.5 Å². The van der Waals surface area contributed by atoms with Crippen molar-refractivity contribution in [3.05, 3.63) is 51.7 Å². The number of nitrogens with zero attached hydrogens (tertiary/aromatic N) is 3. The number of ether oxygens (including phenoxy) is 2. The van der Waals surface area contributed by atoms with Crippen molar-refractivity contribution in [3.8, 4) is 5.75 Å². The zero-order valence-corrected chi connectivity index (χ0v) is 20.4. The predicted octanol–water partition coefficient (Wildman–Crippen LogP) is 4.15. The predicted molar refractivity (Wildman–Crippen MR) is 126 cm³/mol. The molecule has 170 valence electrons.